The van der Waals surface area contributed by atoms with Crippen LogP contribution in [0, 0.1) is 3.57 Å². The maximum Gasteiger partial charge on any atom is 0.310 e. The standard InChI is InChI=1S/C10H11F2IN2O2/c1-17-9(16)2-5-6(13)3-7(10(11)12)15-8(5)4-14/h3,10H,2,4,14H2,1H3. The molecule has 2 N–H and O–H groups in total. The van der Waals surface area contributed by atoms with Crippen molar-refractivity contribution in [2.75, 3.05) is 7.11 Å². The highest BCUT2D eigenvalue weighted by Gasteiger charge is 2.17. The third-order valence-corrected chi connectivity index (χ3v) is 3.10. The van der Waals surface area contributed by atoms with Gasteiger partial charge in [-0.05, 0) is 34.2 Å². The van der Waals surface area contributed by atoms with Gasteiger partial charge in [0.1, 0.15) is 5.69 Å². The molecular formula is C10H11F2IN2O2. The lowest BCUT2D eigenvalue weighted by Gasteiger charge is -2.11. The van der Waals surface area contributed by atoms with Gasteiger partial charge in [0, 0.05) is 10.1 Å². The second kappa shape index (κ2) is 6.20. The molecule has 1 heterocycles. The van der Waals surface area contributed by atoms with Gasteiger partial charge in [-0.15, -0.1) is 0 Å². The number of pyridine rings is 1. The Morgan fingerprint density at radius 3 is 2.76 bits per heavy atom. The van der Waals surface area contributed by atoms with Crippen LogP contribution in [0.5, 0.6) is 0 Å². The van der Waals surface area contributed by atoms with Gasteiger partial charge in [0.2, 0.25) is 0 Å². The molecule has 1 aromatic heterocycles. The summed E-state index contributed by atoms with van der Waals surface area (Å²) < 4.78 is 30.1. The molecule has 0 saturated heterocycles. The third kappa shape index (κ3) is 3.56. The van der Waals surface area contributed by atoms with Crippen LogP contribution in [0.25, 0.3) is 0 Å². The van der Waals surface area contributed by atoms with Gasteiger partial charge in [0.15, 0.2) is 0 Å². The number of nitrogens with two attached hydrogens (primary N) is 1. The van der Waals surface area contributed by atoms with Crippen molar-refractivity contribution in [3.8, 4) is 0 Å². The van der Waals surface area contributed by atoms with Gasteiger partial charge in [-0.25, -0.2) is 8.78 Å². The first-order valence-corrected chi connectivity index (χ1v) is 5.80. The molecule has 7 heteroatoms. The van der Waals surface area contributed by atoms with E-state index >= 15 is 0 Å². The van der Waals surface area contributed by atoms with Gasteiger partial charge in [0.25, 0.3) is 6.43 Å². The van der Waals surface area contributed by atoms with Crippen LogP contribution < -0.4 is 5.73 Å². The van der Waals surface area contributed by atoms with Crippen LogP contribution in [0.3, 0.4) is 0 Å². The van der Waals surface area contributed by atoms with Gasteiger partial charge >= 0.3 is 5.97 Å². The monoisotopic (exact) mass is 356 g/mol. The molecule has 17 heavy (non-hydrogen) atoms. The van der Waals surface area contributed by atoms with Crippen molar-refractivity contribution < 1.29 is 18.3 Å². The van der Waals surface area contributed by atoms with Crippen LogP contribution in [0.15, 0.2) is 6.07 Å². The highest BCUT2D eigenvalue weighted by Crippen LogP contribution is 2.23. The number of hydrogen-bond donors (Lipinski definition) is 1. The molecule has 94 valence electrons. The predicted octanol–water partition coefficient (Wildman–Crippen LogP) is 1.80. The first-order chi connectivity index (χ1) is 7.99. The number of methoxy groups -OCH3 is 1. The molecule has 1 aromatic rings. The van der Waals surface area contributed by atoms with Crippen molar-refractivity contribution in [2.24, 2.45) is 5.73 Å². The summed E-state index contributed by atoms with van der Waals surface area (Å²) in [6.07, 6.45) is -2.67. The van der Waals surface area contributed by atoms with Crippen molar-refractivity contribution in [1.82, 2.24) is 4.98 Å². The summed E-state index contributed by atoms with van der Waals surface area (Å²) in [6.45, 7) is 0.00287. The highest BCUT2D eigenvalue weighted by atomic mass is 127. The molecule has 0 spiro atoms. The average Bonchev–Trinajstić information content (AvgIpc) is 2.30. The van der Waals surface area contributed by atoms with E-state index in [-0.39, 0.29) is 18.7 Å². The molecular weight excluding hydrogens is 345 g/mol. The van der Waals surface area contributed by atoms with Crippen LogP contribution in [-0.4, -0.2) is 18.1 Å². The minimum Gasteiger partial charge on any atom is -0.469 e. The molecule has 0 fully saturated rings. The largest absolute Gasteiger partial charge is 0.469 e. The van der Waals surface area contributed by atoms with Gasteiger partial charge in [-0.1, -0.05) is 0 Å². The van der Waals surface area contributed by atoms with Gasteiger partial charge in [0.05, 0.1) is 19.2 Å². The fourth-order valence-electron chi connectivity index (χ4n) is 1.29. The molecule has 0 radical (unpaired) electrons. The van der Waals surface area contributed by atoms with Crippen molar-refractivity contribution >= 4 is 28.6 Å². The van der Waals surface area contributed by atoms with E-state index in [9.17, 15) is 13.6 Å². The minimum absolute atomic E-state index is 0.00287. The summed E-state index contributed by atoms with van der Waals surface area (Å²) in [4.78, 5) is 14.9. The SMILES string of the molecule is COC(=O)Cc1c(I)cc(C(F)F)nc1CN. The Morgan fingerprint density at radius 1 is 1.65 bits per heavy atom. The van der Waals surface area contributed by atoms with Gasteiger partial charge in [-0.3, -0.25) is 9.78 Å². The molecule has 0 aliphatic rings. The number of carbonyl (C=O) groups is 1. The Hall–Kier alpha value is -0.830. The van der Waals surface area contributed by atoms with Crippen LogP contribution in [0.4, 0.5) is 8.78 Å². The van der Waals surface area contributed by atoms with Crippen LogP contribution >= 0.6 is 22.6 Å². The lowest BCUT2D eigenvalue weighted by atomic mass is 10.1. The number of aromatic nitrogens is 1. The van der Waals surface area contributed by atoms with Crippen LogP contribution in [-0.2, 0) is 22.5 Å². The molecule has 0 unspecified atom stereocenters. The Kier molecular flexibility index (Phi) is 5.19. The Morgan fingerprint density at radius 2 is 2.29 bits per heavy atom. The Labute approximate surface area is 111 Å². The number of esters is 1. The predicted molar refractivity (Wildman–Crippen MR) is 65.5 cm³/mol. The van der Waals surface area contributed by atoms with E-state index in [1.807, 2.05) is 22.6 Å². The maximum atomic E-state index is 12.5. The van der Waals surface area contributed by atoms with Crippen LogP contribution in [0.2, 0.25) is 0 Å². The second-order valence-electron chi connectivity index (χ2n) is 3.21. The van der Waals surface area contributed by atoms with E-state index in [1.165, 1.54) is 13.2 Å². The number of halogens is 3. The van der Waals surface area contributed by atoms with E-state index in [1.54, 1.807) is 0 Å². The first kappa shape index (κ1) is 14.2. The normalized spacial score (nSPS) is 10.7. The summed E-state index contributed by atoms with van der Waals surface area (Å²) in [5.74, 6) is -0.454. The van der Waals surface area contributed by atoms with Crippen molar-refractivity contribution in [1.29, 1.82) is 0 Å². The summed E-state index contributed by atoms with van der Waals surface area (Å²) >= 11 is 1.88. The van der Waals surface area contributed by atoms with Gasteiger partial charge < -0.3 is 10.5 Å². The molecule has 0 aliphatic heterocycles. The van der Waals surface area contributed by atoms with Gasteiger partial charge in [-0.2, -0.15) is 0 Å². The van der Waals surface area contributed by atoms with E-state index in [2.05, 4.69) is 9.72 Å². The zero-order valence-corrected chi connectivity index (χ0v) is 11.2. The second-order valence-corrected chi connectivity index (χ2v) is 4.37. The molecule has 0 aromatic carbocycles. The van der Waals surface area contributed by atoms with E-state index in [0.29, 0.717) is 14.8 Å². The quantitative estimate of drug-likeness (QED) is 0.660. The molecule has 1 rings (SSSR count). The topological polar surface area (TPSA) is 65.2 Å². The molecule has 0 bridgehead atoms. The zero-order valence-electron chi connectivity index (χ0n) is 9.04. The summed E-state index contributed by atoms with van der Waals surface area (Å²) in [7, 11) is 1.26. The minimum atomic E-state index is -2.65. The van der Waals surface area contributed by atoms with Crippen molar-refractivity contribution in [2.45, 2.75) is 19.4 Å². The summed E-state index contributed by atoms with van der Waals surface area (Å²) in [5, 5.41) is 0. The molecule has 0 saturated carbocycles. The fraction of sp³-hybridized carbons (Fsp3) is 0.400. The number of rotatable bonds is 4. The number of nitrogens with zero attached hydrogens (tertiary/aromatic N) is 1. The molecule has 0 aliphatic carbocycles. The third-order valence-electron chi connectivity index (χ3n) is 2.14. The number of ether oxygens (including phenoxy) is 1. The lowest BCUT2D eigenvalue weighted by Crippen LogP contribution is -2.14. The lowest BCUT2D eigenvalue weighted by molar-refractivity contribution is -0.139. The molecule has 4 nitrogen and oxygen atoms in total. The number of carbonyl (C=O) groups excluding carboxylic acids is 1. The molecule has 0 amide bonds. The smallest absolute Gasteiger partial charge is 0.310 e. The average molecular weight is 356 g/mol. The number of alkyl halides is 2. The maximum absolute atomic E-state index is 12.5. The Bertz CT molecular complexity index is 427. The van der Waals surface area contributed by atoms with E-state index in [4.69, 9.17) is 5.73 Å². The van der Waals surface area contributed by atoms with E-state index in [0.717, 1.165) is 0 Å². The molecule has 0 atom stereocenters. The summed E-state index contributed by atoms with van der Waals surface area (Å²) in [6, 6.07) is 1.25. The van der Waals surface area contributed by atoms with Crippen molar-refractivity contribution in [3.63, 3.8) is 0 Å². The summed E-state index contributed by atoms with van der Waals surface area (Å²) in [5.41, 5.74) is 5.96. The van der Waals surface area contributed by atoms with Crippen LogP contribution in [0.1, 0.15) is 23.4 Å². The fourth-order valence-corrected chi connectivity index (χ4v) is 2.12. The zero-order chi connectivity index (χ0) is 13.0. The highest BCUT2D eigenvalue weighted by molar-refractivity contribution is 14.1. The first-order valence-electron chi connectivity index (χ1n) is 4.72. The number of hydrogen-bond acceptors (Lipinski definition) is 4. The van der Waals surface area contributed by atoms with E-state index < -0.39 is 12.4 Å². The Balaban J connectivity index is 3.16. The van der Waals surface area contributed by atoms with Crippen molar-refractivity contribution in [3.05, 3.63) is 26.6 Å².